The Hall–Kier alpha value is -2.96. The van der Waals surface area contributed by atoms with E-state index in [0.29, 0.717) is 62.0 Å². The zero-order valence-corrected chi connectivity index (χ0v) is 24.3. The monoisotopic (exact) mass is 615 g/mol. The lowest BCUT2D eigenvalue weighted by atomic mass is 9.80. The maximum absolute atomic E-state index is 15.1. The molecule has 42 heavy (non-hydrogen) atoms. The molecule has 2 heterocycles. The number of rotatable bonds is 8. The summed E-state index contributed by atoms with van der Waals surface area (Å²) in [7, 11) is 0. The van der Waals surface area contributed by atoms with Crippen molar-refractivity contribution < 1.29 is 31.5 Å². The molecule has 0 aliphatic carbocycles. The van der Waals surface area contributed by atoms with Crippen molar-refractivity contribution in [2.75, 3.05) is 49.5 Å². The zero-order chi connectivity index (χ0) is 30.7. The van der Waals surface area contributed by atoms with Crippen LogP contribution in [0.5, 0.6) is 0 Å². The summed E-state index contributed by atoms with van der Waals surface area (Å²) in [6.07, 6.45) is -3.87. The quantitative estimate of drug-likeness (QED) is 0.350. The van der Waals surface area contributed by atoms with Crippen molar-refractivity contribution in [1.29, 1.82) is 0 Å². The van der Waals surface area contributed by atoms with Gasteiger partial charge in [-0.05, 0) is 57.1 Å². The highest BCUT2D eigenvalue weighted by molar-refractivity contribution is 6.31. The molecule has 230 valence electrons. The van der Waals surface area contributed by atoms with Gasteiger partial charge >= 0.3 is 6.18 Å². The van der Waals surface area contributed by atoms with E-state index in [2.05, 4.69) is 16.0 Å². The van der Waals surface area contributed by atoms with Crippen molar-refractivity contribution in [3.63, 3.8) is 0 Å². The first-order valence-electron chi connectivity index (χ1n) is 13.9. The van der Waals surface area contributed by atoms with Gasteiger partial charge < -0.3 is 20.9 Å². The van der Waals surface area contributed by atoms with Gasteiger partial charge in [0.1, 0.15) is 0 Å². The van der Waals surface area contributed by atoms with Crippen LogP contribution in [0.3, 0.4) is 0 Å². The van der Waals surface area contributed by atoms with Crippen LogP contribution in [0.4, 0.5) is 33.3 Å². The third-order valence-corrected chi connectivity index (χ3v) is 8.28. The number of hydrogen-bond donors (Lipinski definition) is 3. The van der Waals surface area contributed by atoms with E-state index in [-0.39, 0.29) is 30.6 Å². The van der Waals surface area contributed by atoms with E-state index in [4.69, 9.17) is 11.6 Å². The predicted octanol–water partition coefficient (Wildman–Crippen LogP) is 5.34. The Morgan fingerprint density at radius 3 is 2.48 bits per heavy atom. The Morgan fingerprint density at radius 2 is 1.81 bits per heavy atom. The molecule has 2 fully saturated rings. The van der Waals surface area contributed by atoms with Crippen LogP contribution >= 0.6 is 11.6 Å². The summed E-state index contributed by atoms with van der Waals surface area (Å²) >= 11 is 6.22. The topological polar surface area (TPSA) is 76.7 Å². The second-order valence-electron chi connectivity index (χ2n) is 11.2. The average molecular weight is 616 g/mol. The minimum Gasteiger partial charge on any atom is -0.365 e. The fourth-order valence-electron chi connectivity index (χ4n) is 5.41. The Morgan fingerprint density at radius 1 is 1.10 bits per heavy atom. The largest absolute Gasteiger partial charge is 0.390 e. The molecule has 0 spiro atoms. The van der Waals surface area contributed by atoms with Gasteiger partial charge in [0, 0.05) is 54.8 Å². The lowest BCUT2D eigenvalue weighted by Crippen LogP contribution is -2.52. The van der Waals surface area contributed by atoms with Crippen LogP contribution in [0.1, 0.15) is 49.0 Å². The van der Waals surface area contributed by atoms with Crippen molar-refractivity contribution >= 4 is 34.8 Å². The summed E-state index contributed by atoms with van der Waals surface area (Å²) in [5.41, 5.74) is -0.376. The number of piperazine rings is 1. The molecular formula is C29H35ClF5N5O2. The average Bonchev–Trinajstić information content (AvgIpc) is 2.93. The summed E-state index contributed by atoms with van der Waals surface area (Å²) in [5, 5.41) is 8.87. The summed E-state index contributed by atoms with van der Waals surface area (Å²) in [6, 6.07) is 6.92. The molecule has 2 aliphatic rings. The number of anilines is 2. The van der Waals surface area contributed by atoms with Crippen molar-refractivity contribution in [2.24, 2.45) is 5.41 Å². The molecule has 2 aliphatic heterocycles. The highest BCUT2D eigenvalue weighted by Gasteiger charge is 2.35. The number of amides is 2. The summed E-state index contributed by atoms with van der Waals surface area (Å²) in [6.45, 7) is 5.87. The number of benzene rings is 2. The molecule has 7 nitrogen and oxygen atoms in total. The molecule has 0 saturated carbocycles. The first-order chi connectivity index (χ1) is 19.8. The van der Waals surface area contributed by atoms with Crippen LogP contribution < -0.4 is 20.9 Å². The van der Waals surface area contributed by atoms with Crippen LogP contribution in [-0.4, -0.2) is 68.2 Å². The number of nitrogens with one attached hydrogen (secondary N) is 3. The smallest absolute Gasteiger partial charge is 0.365 e. The minimum absolute atomic E-state index is 0.0839. The number of nitrogens with zero attached hydrogens (tertiary/aromatic N) is 2. The number of alkyl halides is 3. The molecule has 4 rings (SSSR count). The van der Waals surface area contributed by atoms with Gasteiger partial charge in [-0.1, -0.05) is 24.6 Å². The van der Waals surface area contributed by atoms with Gasteiger partial charge in [0.15, 0.2) is 11.6 Å². The third-order valence-electron chi connectivity index (χ3n) is 8.04. The Bertz CT molecular complexity index is 1300. The van der Waals surface area contributed by atoms with Gasteiger partial charge in [0.05, 0.1) is 23.4 Å². The number of hydrogen-bond acceptors (Lipinski definition) is 5. The predicted molar refractivity (Wildman–Crippen MR) is 152 cm³/mol. The fourth-order valence-corrected chi connectivity index (χ4v) is 5.58. The second kappa shape index (κ2) is 13.1. The molecule has 0 radical (unpaired) electrons. The van der Waals surface area contributed by atoms with Crippen LogP contribution in [-0.2, 0) is 11.3 Å². The van der Waals surface area contributed by atoms with E-state index in [1.54, 1.807) is 11.0 Å². The molecule has 0 aromatic heterocycles. The molecule has 3 N–H and O–H groups in total. The van der Waals surface area contributed by atoms with E-state index in [0.717, 1.165) is 0 Å². The number of carbonyl (C=O) groups excluding carboxylic acids is 2. The first kappa shape index (κ1) is 32.0. The number of carbonyl (C=O) groups is 2. The molecule has 0 bridgehead atoms. The van der Waals surface area contributed by atoms with Crippen molar-refractivity contribution in [3.8, 4) is 0 Å². The molecule has 0 unspecified atom stereocenters. The number of halogens is 6. The molecule has 1 atom stereocenters. The van der Waals surface area contributed by atoms with Gasteiger partial charge in [0.25, 0.3) is 5.91 Å². The molecule has 13 heteroatoms. The van der Waals surface area contributed by atoms with Gasteiger partial charge in [-0.3, -0.25) is 14.5 Å². The van der Waals surface area contributed by atoms with E-state index >= 15 is 4.39 Å². The van der Waals surface area contributed by atoms with Crippen molar-refractivity contribution in [2.45, 2.75) is 51.9 Å². The van der Waals surface area contributed by atoms with Crippen LogP contribution in [0.15, 0.2) is 30.3 Å². The standard InChI is InChI=1S/C29H35ClF5N5O2/c1-18-17-39(12-9-29(33,34)35)13-14-40(18)23-15-20(30)4-6-22(23)38-26(41)21-5-3-19(24(31)25(21)32)16-37-27(42)28(2)7-10-36-11-8-28/h3-6,15,18,36H,7-14,16-17H2,1-2H3,(H,37,42)(H,38,41)/t18-/m1/s1. The maximum atomic E-state index is 15.1. The normalized spacial score (nSPS) is 19.4. The van der Waals surface area contributed by atoms with E-state index in [1.165, 1.54) is 24.3 Å². The third kappa shape index (κ3) is 7.70. The van der Waals surface area contributed by atoms with Crippen LogP contribution in [0, 0.1) is 17.0 Å². The van der Waals surface area contributed by atoms with Gasteiger partial charge in [0.2, 0.25) is 5.91 Å². The lowest BCUT2D eigenvalue weighted by Gasteiger charge is -2.42. The first-order valence-corrected chi connectivity index (χ1v) is 14.3. The Labute approximate surface area is 246 Å². The van der Waals surface area contributed by atoms with Gasteiger partial charge in [-0.2, -0.15) is 13.2 Å². The summed E-state index contributed by atoms with van der Waals surface area (Å²) in [5.74, 6) is -3.69. The lowest BCUT2D eigenvalue weighted by molar-refractivity contribution is -0.138. The second-order valence-corrected chi connectivity index (χ2v) is 11.7. The highest BCUT2D eigenvalue weighted by atomic mass is 35.5. The van der Waals surface area contributed by atoms with Gasteiger partial charge in [-0.15, -0.1) is 0 Å². The van der Waals surface area contributed by atoms with Crippen molar-refractivity contribution in [1.82, 2.24) is 15.5 Å². The summed E-state index contributed by atoms with van der Waals surface area (Å²) in [4.78, 5) is 29.4. The van der Waals surface area contributed by atoms with Crippen molar-refractivity contribution in [3.05, 3.63) is 58.1 Å². The minimum atomic E-state index is -4.24. The van der Waals surface area contributed by atoms with E-state index in [9.17, 15) is 27.2 Å². The molecular weight excluding hydrogens is 581 g/mol. The molecule has 2 aromatic rings. The fraction of sp³-hybridized carbons (Fsp3) is 0.517. The summed E-state index contributed by atoms with van der Waals surface area (Å²) < 4.78 is 68.1. The van der Waals surface area contributed by atoms with Crippen LogP contribution in [0.2, 0.25) is 5.02 Å². The molecule has 2 aromatic carbocycles. The van der Waals surface area contributed by atoms with E-state index < -0.39 is 41.1 Å². The maximum Gasteiger partial charge on any atom is 0.390 e. The Balaban J connectivity index is 1.44. The van der Waals surface area contributed by atoms with E-state index in [1.807, 2.05) is 18.7 Å². The highest BCUT2D eigenvalue weighted by Crippen LogP contribution is 2.33. The zero-order valence-electron chi connectivity index (χ0n) is 23.5. The van der Waals surface area contributed by atoms with Crippen LogP contribution in [0.25, 0.3) is 0 Å². The molecule has 2 saturated heterocycles. The Kier molecular flexibility index (Phi) is 9.99. The SMILES string of the molecule is C[C@@H]1CN(CCC(F)(F)F)CCN1c1cc(Cl)ccc1NC(=O)c1ccc(CNC(=O)C2(C)CCNCC2)c(F)c1F. The van der Waals surface area contributed by atoms with Gasteiger partial charge in [-0.25, -0.2) is 8.78 Å². The molecule has 2 amide bonds. The number of piperidine rings is 1.